The Hall–Kier alpha value is -1.21. The van der Waals surface area contributed by atoms with Crippen molar-refractivity contribution >= 4 is 16.0 Å². The van der Waals surface area contributed by atoms with Crippen LogP contribution in [-0.4, -0.2) is 36.7 Å². The van der Waals surface area contributed by atoms with Crippen LogP contribution in [0.5, 0.6) is 0 Å². The number of aromatic nitrogens is 2. The Morgan fingerprint density at radius 2 is 2.00 bits per heavy atom. The van der Waals surface area contributed by atoms with Crippen molar-refractivity contribution in [1.82, 2.24) is 15.3 Å². The Morgan fingerprint density at radius 3 is 2.56 bits per heavy atom. The third kappa shape index (κ3) is 3.17. The molecule has 6 nitrogen and oxygen atoms in total. The summed E-state index contributed by atoms with van der Waals surface area (Å²) in [5, 5.41) is 2.68. The summed E-state index contributed by atoms with van der Waals surface area (Å²) < 4.78 is 26.8. The predicted molar refractivity (Wildman–Crippen MR) is 69.9 cm³/mol. The molecule has 2 N–H and O–H groups in total. The van der Waals surface area contributed by atoms with Crippen molar-refractivity contribution in [3.63, 3.8) is 0 Å². The molecule has 0 amide bonds. The Bertz CT molecular complexity index is 504. The maximum atomic E-state index is 12.1. The molecule has 0 aliphatic carbocycles. The topological polar surface area (TPSA) is 84.0 Å². The van der Waals surface area contributed by atoms with Crippen molar-refractivity contribution in [2.24, 2.45) is 0 Å². The zero-order valence-electron chi connectivity index (χ0n) is 10.6. The molecule has 0 aromatic carbocycles. The smallest absolute Gasteiger partial charge is 0.239 e. The molecule has 1 fully saturated rings. The van der Waals surface area contributed by atoms with E-state index in [4.69, 9.17) is 0 Å². The van der Waals surface area contributed by atoms with E-state index < -0.39 is 15.3 Å². The number of sulfonamides is 1. The first-order chi connectivity index (χ1) is 8.47. The predicted octanol–water partition coefficient (Wildman–Crippen LogP) is 0.587. The number of rotatable bonds is 3. The fourth-order valence-corrected chi connectivity index (χ4v) is 3.39. The van der Waals surface area contributed by atoms with Gasteiger partial charge in [-0.15, -0.1) is 0 Å². The van der Waals surface area contributed by atoms with E-state index in [2.05, 4.69) is 20.0 Å². The minimum atomic E-state index is -3.41. The van der Waals surface area contributed by atoms with Gasteiger partial charge in [0.25, 0.3) is 0 Å². The molecule has 1 aliphatic heterocycles. The minimum absolute atomic E-state index is 0.165. The lowest BCUT2D eigenvalue weighted by Gasteiger charge is -2.22. The Labute approximate surface area is 107 Å². The van der Waals surface area contributed by atoms with Gasteiger partial charge in [0.2, 0.25) is 16.0 Å². The molecule has 0 radical (unpaired) electrons. The average molecular weight is 270 g/mol. The standard InChI is InChI=1S/C11H18N4O2S/c1-8-6-9(2)14-11(13-8)15-18(16,17)10-4-3-5-12-7-10/h6,10,12H,3-5,7H2,1-2H3,(H,13,14,15). The quantitative estimate of drug-likeness (QED) is 0.839. The van der Waals surface area contributed by atoms with Gasteiger partial charge in [-0.2, -0.15) is 0 Å². The molecule has 0 spiro atoms. The third-order valence-electron chi connectivity index (χ3n) is 2.91. The van der Waals surface area contributed by atoms with Crippen LogP contribution in [0.4, 0.5) is 5.95 Å². The normalized spacial score (nSPS) is 20.7. The fraction of sp³-hybridized carbons (Fsp3) is 0.636. The molecular weight excluding hydrogens is 252 g/mol. The van der Waals surface area contributed by atoms with Crippen molar-refractivity contribution in [3.05, 3.63) is 17.5 Å². The van der Waals surface area contributed by atoms with Crippen LogP contribution in [0.1, 0.15) is 24.2 Å². The second-order valence-electron chi connectivity index (χ2n) is 4.59. The average Bonchev–Trinajstić information content (AvgIpc) is 2.28. The summed E-state index contributed by atoms with van der Waals surface area (Å²) in [6, 6.07) is 1.81. The van der Waals surface area contributed by atoms with E-state index in [1.165, 1.54) is 0 Å². The summed E-state index contributed by atoms with van der Waals surface area (Å²) in [5.41, 5.74) is 1.50. The highest BCUT2D eigenvalue weighted by Crippen LogP contribution is 2.14. The van der Waals surface area contributed by atoms with E-state index in [-0.39, 0.29) is 5.95 Å². The van der Waals surface area contributed by atoms with Gasteiger partial charge in [0.05, 0.1) is 5.25 Å². The summed E-state index contributed by atoms with van der Waals surface area (Å²) in [5.74, 6) is 0.165. The summed E-state index contributed by atoms with van der Waals surface area (Å²) in [6.07, 6.45) is 1.55. The van der Waals surface area contributed by atoms with Crippen molar-refractivity contribution < 1.29 is 8.42 Å². The van der Waals surface area contributed by atoms with E-state index in [0.717, 1.165) is 24.4 Å². The minimum Gasteiger partial charge on any atom is -0.315 e. The van der Waals surface area contributed by atoms with E-state index in [1.54, 1.807) is 6.07 Å². The van der Waals surface area contributed by atoms with Crippen LogP contribution in [0, 0.1) is 13.8 Å². The van der Waals surface area contributed by atoms with E-state index in [0.29, 0.717) is 13.0 Å². The summed E-state index contributed by atoms with van der Waals surface area (Å²) >= 11 is 0. The molecule has 1 aromatic rings. The largest absolute Gasteiger partial charge is 0.315 e. The molecule has 100 valence electrons. The molecule has 1 unspecified atom stereocenters. The van der Waals surface area contributed by atoms with Crippen molar-refractivity contribution in [3.8, 4) is 0 Å². The van der Waals surface area contributed by atoms with Gasteiger partial charge in [-0.05, 0) is 39.3 Å². The number of nitrogens with one attached hydrogen (secondary N) is 2. The fourth-order valence-electron chi connectivity index (χ4n) is 2.07. The van der Waals surface area contributed by atoms with Gasteiger partial charge in [0.1, 0.15) is 0 Å². The van der Waals surface area contributed by atoms with Gasteiger partial charge in [-0.1, -0.05) is 0 Å². The molecule has 0 bridgehead atoms. The number of nitrogens with zero attached hydrogens (tertiary/aromatic N) is 2. The van der Waals surface area contributed by atoms with E-state index in [1.807, 2.05) is 13.8 Å². The molecule has 0 saturated carbocycles. The number of aryl methyl sites for hydroxylation is 2. The Kier molecular flexibility index (Phi) is 3.82. The summed E-state index contributed by atoms with van der Waals surface area (Å²) in [7, 11) is -3.41. The number of anilines is 1. The van der Waals surface area contributed by atoms with Crippen LogP contribution in [0.15, 0.2) is 6.07 Å². The summed E-state index contributed by atoms with van der Waals surface area (Å²) in [6.45, 7) is 5.00. The zero-order chi connectivity index (χ0) is 13.2. The van der Waals surface area contributed by atoms with Crippen LogP contribution >= 0.6 is 0 Å². The van der Waals surface area contributed by atoms with Gasteiger partial charge in [-0.3, -0.25) is 4.72 Å². The van der Waals surface area contributed by atoms with Gasteiger partial charge in [0.15, 0.2) is 0 Å². The van der Waals surface area contributed by atoms with Gasteiger partial charge in [0, 0.05) is 17.9 Å². The van der Waals surface area contributed by atoms with Crippen LogP contribution in [0.3, 0.4) is 0 Å². The lowest BCUT2D eigenvalue weighted by Crippen LogP contribution is -2.41. The molecule has 1 atom stereocenters. The van der Waals surface area contributed by atoms with Crippen molar-refractivity contribution in [1.29, 1.82) is 0 Å². The van der Waals surface area contributed by atoms with Gasteiger partial charge < -0.3 is 5.32 Å². The number of hydrogen-bond donors (Lipinski definition) is 2. The lowest BCUT2D eigenvalue weighted by atomic mass is 10.2. The molecule has 2 heterocycles. The Morgan fingerprint density at radius 1 is 1.33 bits per heavy atom. The molecular formula is C11H18N4O2S. The van der Waals surface area contributed by atoms with E-state index >= 15 is 0 Å². The van der Waals surface area contributed by atoms with Crippen LogP contribution in [-0.2, 0) is 10.0 Å². The van der Waals surface area contributed by atoms with Crippen molar-refractivity contribution in [2.75, 3.05) is 17.8 Å². The molecule has 18 heavy (non-hydrogen) atoms. The first kappa shape index (κ1) is 13.2. The molecule has 2 rings (SSSR count). The maximum absolute atomic E-state index is 12.1. The number of piperidine rings is 1. The third-order valence-corrected chi connectivity index (χ3v) is 4.65. The zero-order valence-corrected chi connectivity index (χ0v) is 11.4. The molecule has 1 saturated heterocycles. The number of hydrogen-bond acceptors (Lipinski definition) is 5. The summed E-state index contributed by atoms with van der Waals surface area (Å²) in [4.78, 5) is 8.18. The van der Waals surface area contributed by atoms with Crippen LogP contribution in [0.2, 0.25) is 0 Å². The molecule has 1 aliphatic rings. The van der Waals surface area contributed by atoms with Gasteiger partial charge in [-0.25, -0.2) is 18.4 Å². The van der Waals surface area contributed by atoms with Gasteiger partial charge >= 0.3 is 0 Å². The second-order valence-corrected chi connectivity index (χ2v) is 6.55. The highest BCUT2D eigenvalue weighted by molar-refractivity contribution is 7.93. The highest BCUT2D eigenvalue weighted by Gasteiger charge is 2.27. The molecule has 7 heteroatoms. The lowest BCUT2D eigenvalue weighted by molar-refractivity contribution is 0.499. The van der Waals surface area contributed by atoms with Crippen molar-refractivity contribution in [2.45, 2.75) is 31.9 Å². The second kappa shape index (κ2) is 5.19. The highest BCUT2D eigenvalue weighted by atomic mass is 32.2. The maximum Gasteiger partial charge on any atom is 0.239 e. The first-order valence-electron chi connectivity index (χ1n) is 6.02. The van der Waals surface area contributed by atoms with E-state index in [9.17, 15) is 8.42 Å². The Balaban J connectivity index is 2.16. The van der Waals surface area contributed by atoms with Crippen LogP contribution < -0.4 is 10.0 Å². The molecule has 1 aromatic heterocycles. The monoisotopic (exact) mass is 270 g/mol. The van der Waals surface area contributed by atoms with Crippen LogP contribution in [0.25, 0.3) is 0 Å². The SMILES string of the molecule is Cc1cc(C)nc(NS(=O)(=O)C2CCCNC2)n1. The first-order valence-corrected chi connectivity index (χ1v) is 7.56.